The number of rotatable bonds is 5. The van der Waals surface area contributed by atoms with Gasteiger partial charge in [-0.05, 0) is 49.1 Å². The van der Waals surface area contributed by atoms with Crippen molar-refractivity contribution in [1.82, 2.24) is 9.88 Å². The molecule has 4 rings (SSSR count). The highest BCUT2D eigenvalue weighted by molar-refractivity contribution is 5.73. The molecular weight excluding hydrogens is 378 g/mol. The first kappa shape index (κ1) is 20.5. The van der Waals surface area contributed by atoms with Gasteiger partial charge in [0.05, 0.1) is 0 Å². The SMILES string of the molecule is CC(=O)N1CCN(c2ccc(Nc3ccnc(N4CCC(CO)CC4)c3)cc2)CC1. The van der Waals surface area contributed by atoms with E-state index in [1.165, 1.54) is 5.69 Å². The number of anilines is 4. The van der Waals surface area contributed by atoms with E-state index >= 15 is 0 Å². The zero-order chi connectivity index (χ0) is 20.9. The van der Waals surface area contributed by atoms with E-state index in [9.17, 15) is 9.90 Å². The zero-order valence-corrected chi connectivity index (χ0v) is 17.6. The van der Waals surface area contributed by atoms with E-state index in [-0.39, 0.29) is 12.5 Å². The van der Waals surface area contributed by atoms with E-state index in [1.54, 1.807) is 6.92 Å². The molecule has 1 aromatic carbocycles. The maximum absolute atomic E-state index is 11.5. The van der Waals surface area contributed by atoms with E-state index in [1.807, 2.05) is 17.2 Å². The van der Waals surface area contributed by atoms with E-state index in [2.05, 4.69) is 50.4 Å². The van der Waals surface area contributed by atoms with Crippen LogP contribution < -0.4 is 15.1 Å². The van der Waals surface area contributed by atoms with Gasteiger partial charge in [0.1, 0.15) is 5.82 Å². The van der Waals surface area contributed by atoms with Gasteiger partial charge in [0.25, 0.3) is 0 Å². The quantitative estimate of drug-likeness (QED) is 0.791. The number of carbonyl (C=O) groups excluding carboxylic acids is 1. The van der Waals surface area contributed by atoms with E-state index in [0.717, 1.165) is 69.3 Å². The monoisotopic (exact) mass is 409 g/mol. The number of amides is 1. The van der Waals surface area contributed by atoms with Crippen LogP contribution in [-0.2, 0) is 4.79 Å². The average Bonchev–Trinajstić information content (AvgIpc) is 2.80. The number of piperazine rings is 1. The Morgan fingerprint density at radius 1 is 1.00 bits per heavy atom. The molecule has 3 heterocycles. The van der Waals surface area contributed by atoms with Crippen LogP contribution in [0.3, 0.4) is 0 Å². The Morgan fingerprint density at radius 3 is 2.33 bits per heavy atom. The van der Waals surface area contributed by atoms with Gasteiger partial charge in [0.15, 0.2) is 0 Å². The van der Waals surface area contributed by atoms with Gasteiger partial charge < -0.3 is 25.1 Å². The van der Waals surface area contributed by atoms with Crippen molar-refractivity contribution in [2.45, 2.75) is 19.8 Å². The number of aliphatic hydroxyl groups is 1. The minimum absolute atomic E-state index is 0.156. The van der Waals surface area contributed by atoms with Crippen molar-refractivity contribution in [1.29, 1.82) is 0 Å². The number of aliphatic hydroxyl groups excluding tert-OH is 1. The third kappa shape index (κ3) is 4.84. The lowest BCUT2D eigenvalue weighted by molar-refractivity contribution is -0.129. The Balaban J connectivity index is 1.35. The summed E-state index contributed by atoms with van der Waals surface area (Å²) in [5.74, 6) is 1.56. The molecule has 0 aliphatic carbocycles. The van der Waals surface area contributed by atoms with Crippen LogP contribution in [0, 0.1) is 5.92 Å². The number of pyridine rings is 1. The van der Waals surface area contributed by atoms with Crippen LogP contribution in [0.5, 0.6) is 0 Å². The average molecular weight is 410 g/mol. The highest BCUT2D eigenvalue weighted by Gasteiger charge is 2.20. The van der Waals surface area contributed by atoms with E-state index in [4.69, 9.17) is 0 Å². The van der Waals surface area contributed by atoms with Gasteiger partial charge in [-0.1, -0.05) is 0 Å². The Morgan fingerprint density at radius 2 is 1.70 bits per heavy atom. The first-order valence-corrected chi connectivity index (χ1v) is 10.8. The molecule has 0 radical (unpaired) electrons. The molecule has 0 atom stereocenters. The van der Waals surface area contributed by atoms with E-state index in [0.29, 0.717) is 5.92 Å². The lowest BCUT2D eigenvalue weighted by Crippen LogP contribution is -2.48. The molecular formula is C23H31N5O2. The Hall–Kier alpha value is -2.80. The molecule has 2 saturated heterocycles. The number of benzene rings is 1. The summed E-state index contributed by atoms with van der Waals surface area (Å²) in [6.07, 6.45) is 3.87. The lowest BCUT2D eigenvalue weighted by Gasteiger charge is -2.35. The minimum atomic E-state index is 0.156. The van der Waals surface area contributed by atoms with Gasteiger partial charge in [-0.15, -0.1) is 0 Å². The highest BCUT2D eigenvalue weighted by Crippen LogP contribution is 2.26. The molecule has 1 aromatic heterocycles. The first-order chi connectivity index (χ1) is 14.6. The molecule has 2 aliphatic rings. The van der Waals surface area contributed by atoms with Crippen LogP contribution in [0.2, 0.25) is 0 Å². The van der Waals surface area contributed by atoms with Gasteiger partial charge in [-0.2, -0.15) is 0 Å². The Kier molecular flexibility index (Phi) is 6.38. The normalized spacial score (nSPS) is 17.9. The van der Waals surface area contributed by atoms with Crippen LogP contribution in [0.1, 0.15) is 19.8 Å². The Bertz CT molecular complexity index is 841. The molecule has 7 nitrogen and oxygen atoms in total. The third-order valence-electron chi connectivity index (χ3n) is 6.19. The fraction of sp³-hybridized carbons (Fsp3) is 0.478. The van der Waals surface area contributed by atoms with Crippen molar-refractivity contribution in [3.05, 3.63) is 42.6 Å². The molecule has 160 valence electrons. The number of hydrogen-bond acceptors (Lipinski definition) is 6. The van der Waals surface area contributed by atoms with Crippen LogP contribution in [-0.4, -0.2) is 66.8 Å². The first-order valence-electron chi connectivity index (χ1n) is 10.8. The maximum atomic E-state index is 11.5. The van der Waals surface area contributed by atoms with Crippen molar-refractivity contribution in [2.75, 3.05) is 61.0 Å². The van der Waals surface area contributed by atoms with Crippen LogP contribution in [0.4, 0.5) is 22.9 Å². The summed E-state index contributed by atoms with van der Waals surface area (Å²) in [6.45, 7) is 7.10. The summed E-state index contributed by atoms with van der Waals surface area (Å²) in [7, 11) is 0. The van der Waals surface area contributed by atoms with Crippen LogP contribution in [0.25, 0.3) is 0 Å². The second kappa shape index (κ2) is 9.34. The Labute approximate surface area is 178 Å². The van der Waals surface area contributed by atoms with Crippen molar-refractivity contribution >= 4 is 28.8 Å². The van der Waals surface area contributed by atoms with Crippen LogP contribution >= 0.6 is 0 Å². The van der Waals surface area contributed by atoms with Crippen LogP contribution in [0.15, 0.2) is 42.6 Å². The summed E-state index contributed by atoms with van der Waals surface area (Å²) >= 11 is 0. The van der Waals surface area contributed by atoms with Crippen molar-refractivity contribution in [2.24, 2.45) is 5.92 Å². The van der Waals surface area contributed by atoms with Gasteiger partial charge in [0.2, 0.25) is 5.91 Å². The number of carbonyl (C=O) groups is 1. The van der Waals surface area contributed by atoms with Gasteiger partial charge in [0, 0.05) is 82.1 Å². The molecule has 0 spiro atoms. The fourth-order valence-electron chi connectivity index (χ4n) is 4.22. The summed E-state index contributed by atoms with van der Waals surface area (Å²) in [5.41, 5.74) is 3.25. The number of piperidine rings is 1. The number of nitrogens with zero attached hydrogens (tertiary/aromatic N) is 4. The van der Waals surface area contributed by atoms with Gasteiger partial charge in [-0.3, -0.25) is 4.79 Å². The largest absolute Gasteiger partial charge is 0.396 e. The zero-order valence-electron chi connectivity index (χ0n) is 17.6. The molecule has 2 aliphatic heterocycles. The highest BCUT2D eigenvalue weighted by atomic mass is 16.3. The number of hydrogen-bond donors (Lipinski definition) is 2. The molecule has 0 bridgehead atoms. The number of nitrogens with one attached hydrogen (secondary N) is 1. The molecule has 2 fully saturated rings. The summed E-state index contributed by atoms with van der Waals surface area (Å²) in [4.78, 5) is 22.6. The third-order valence-corrected chi connectivity index (χ3v) is 6.19. The predicted molar refractivity (Wildman–Crippen MR) is 120 cm³/mol. The van der Waals surface area contributed by atoms with Crippen molar-refractivity contribution in [3.63, 3.8) is 0 Å². The van der Waals surface area contributed by atoms with Gasteiger partial charge >= 0.3 is 0 Å². The molecule has 2 N–H and O–H groups in total. The minimum Gasteiger partial charge on any atom is -0.396 e. The molecule has 1 amide bonds. The number of aromatic nitrogens is 1. The summed E-state index contributed by atoms with van der Waals surface area (Å²) < 4.78 is 0. The predicted octanol–water partition coefficient (Wildman–Crippen LogP) is 2.70. The van der Waals surface area contributed by atoms with Gasteiger partial charge in [-0.25, -0.2) is 4.98 Å². The summed E-state index contributed by atoms with van der Waals surface area (Å²) in [6, 6.07) is 12.5. The lowest BCUT2D eigenvalue weighted by atomic mass is 9.98. The maximum Gasteiger partial charge on any atom is 0.219 e. The summed E-state index contributed by atoms with van der Waals surface area (Å²) in [5, 5.41) is 12.8. The van der Waals surface area contributed by atoms with Crippen molar-refractivity contribution < 1.29 is 9.90 Å². The van der Waals surface area contributed by atoms with Crippen molar-refractivity contribution in [3.8, 4) is 0 Å². The second-order valence-electron chi connectivity index (χ2n) is 8.18. The standard InChI is InChI=1S/C23H31N5O2/c1-18(30)26-12-14-27(15-13-26)22-4-2-20(3-5-22)25-21-6-9-24-23(16-21)28-10-7-19(17-29)8-11-28/h2-6,9,16,19,29H,7-8,10-15,17H2,1H3,(H,24,25). The van der Waals surface area contributed by atoms with E-state index < -0.39 is 0 Å². The smallest absolute Gasteiger partial charge is 0.219 e. The topological polar surface area (TPSA) is 71.9 Å². The second-order valence-corrected chi connectivity index (χ2v) is 8.18. The fourth-order valence-corrected chi connectivity index (χ4v) is 4.22. The molecule has 30 heavy (non-hydrogen) atoms. The molecule has 7 heteroatoms. The molecule has 2 aromatic rings. The molecule has 0 saturated carbocycles. The molecule has 0 unspecified atom stereocenters.